The molecule has 4 nitrogen and oxygen atoms in total. The summed E-state index contributed by atoms with van der Waals surface area (Å²) in [6.45, 7) is 3.72. The van der Waals surface area contributed by atoms with Crippen molar-refractivity contribution in [2.24, 2.45) is 0 Å². The topological polar surface area (TPSA) is 62.5 Å². The first-order valence-corrected chi connectivity index (χ1v) is 5.79. The number of aromatic hydroxyl groups is 1. The van der Waals surface area contributed by atoms with Crippen LogP contribution in [0.25, 0.3) is 0 Å². The minimum Gasteiger partial charge on any atom is -0.508 e. The van der Waals surface area contributed by atoms with Gasteiger partial charge >= 0.3 is 0 Å². The van der Waals surface area contributed by atoms with Crippen LogP contribution in [0.3, 0.4) is 0 Å². The number of anilines is 1. The lowest BCUT2D eigenvalue weighted by Gasteiger charge is -2.06. The molecule has 18 heavy (non-hydrogen) atoms. The minimum absolute atomic E-state index is 0.163. The van der Waals surface area contributed by atoms with Gasteiger partial charge in [0.25, 0.3) is 5.91 Å². The number of nitrogens with one attached hydrogen (secondary N) is 1. The van der Waals surface area contributed by atoms with Crippen LogP contribution in [0.5, 0.6) is 5.75 Å². The van der Waals surface area contributed by atoms with E-state index < -0.39 is 0 Å². The lowest BCUT2D eigenvalue weighted by atomic mass is 10.1. The third kappa shape index (κ3) is 2.37. The number of carbonyl (C=O) groups excluding carboxylic acids is 1. The van der Waals surface area contributed by atoms with Crippen LogP contribution < -0.4 is 5.32 Å². The van der Waals surface area contributed by atoms with Gasteiger partial charge in [0.1, 0.15) is 11.5 Å². The Morgan fingerprint density at radius 2 is 2.17 bits per heavy atom. The average molecular weight is 245 g/mol. The maximum Gasteiger partial charge on any atom is 0.259 e. The highest BCUT2D eigenvalue weighted by Crippen LogP contribution is 2.22. The van der Waals surface area contributed by atoms with Gasteiger partial charge in [-0.05, 0) is 24.6 Å². The van der Waals surface area contributed by atoms with Crippen LogP contribution in [0.15, 0.2) is 34.9 Å². The second kappa shape index (κ2) is 4.96. The Balaban J connectivity index is 2.19. The maximum atomic E-state index is 12.0. The van der Waals surface area contributed by atoms with E-state index in [9.17, 15) is 9.90 Å². The van der Waals surface area contributed by atoms with Crippen LogP contribution in [-0.2, 0) is 6.42 Å². The molecule has 2 rings (SSSR count). The third-order valence-electron chi connectivity index (χ3n) is 2.78. The van der Waals surface area contributed by atoms with Gasteiger partial charge in [-0.15, -0.1) is 0 Å². The molecule has 0 aliphatic carbocycles. The zero-order valence-corrected chi connectivity index (χ0v) is 10.4. The van der Waals surface area contributed by atoms with Crippen LogP contribution in [0.4, 0.5) is 5.69 Å². The van der Waals surface area contributed by atoms with Crippen LogP contribution >= 0.6 is 0 Å². The lowest BCUT2D eigenvalue weighted by molar-refractivity contribution is 0.102. The Morgan fingerprint density at radius 1 is 1.39 bits per heavy atom. The second-order valence-corrected chi connectivity index (χ2v) is 4.07. The second-order valence-electron chi connectivity index (χ2n) is 4.07. The van der Waals surface area contributed by atoms with Gasteiger partial charge in [-0.25, -0.2) is 0 Å². The monoisotopic (exact) mass is 245 g/mol. The van der Waals surface area contributed by atoms with Crippen molar-refractivity contribution in [1.29, 1.82) is 0 Å². The number of hydrogen-bond donors (Lipinski definition) is 2. The molecule has 0 saturated heterocycles. The van der Waals surface area contributed by atoms with Crippen molar-refractivity contribution in [3.05, 3.63) is 47.4 Å². The van der Waals surface area contributed by atoms with Gasteiger partial charge in [0, 0.05) is 18.2 Å². The van der Waals surface area contributed by atoms with Crippen molar-refractivity contribution in [3.63, 3.8) is 0 Å². The zero-order valence-electron chi connectivity index (χ0n) is 10.4. The molecule has 0 radical (unpaired) electrons. The average Bonchev–Trinajstić information content (AvgIpc) is 2.82. The van der Waals surface area contributed by atoms with E-state index in [4.69, 9.17) is 4.42 Å². The maximum absolute atomic E-state index is 12.0. The summed E-state index contributed by atoms with van der Waals surface area (Å²) in [4.78, 5) is 12.0. The largest absolute Gasteiger partial charge is 0.508 e. The Kier molecular flexibility index (Phi) is 3.37. The summed E-state index contributed by atoms with van der Waals surface area (Å²) >= 11 is 0. The number of hydrogen-bond acceptors (Lipinski definition) is 3. The highest BCUT2D eigenvalue weighted by molar-refractivity contribution is 6.05. The number of carbonyl (C=O) groups is 1. The predicted octanol–water partition coefficient (Wildman–Crippen LogP) is 3.11. The number of amides is 1. The summed E-state index contributed by atoms with van der Waals surface area (Å²) in [6, 6.07) is 6.67. The predicted molar refractivity (Wildman–Crippen MR) is 68.9 cm³/mol. The number of phenols is 1. The minimum atomic E-state index is -0.233. The molecule has 2 N–H and O–H groups in total. The van der Waals surface area contributed by atoms with Crippen LogP contribution in [0, 0.1) is 6.92 Å². The molecule has 0 unspecified atom stereocenters. The lowest BCUT2D eigenvalue weighted by Crippen LogP contribution is -2.12. The fourth-order valence-corrected chi connectivity index (χ4v) is 1.70. The van der Waals surface area contributed by atoms with Crippen LogP contribution in [0.1, 0.15) is 28.6 Å². The molecule has 1 amide bonds. The summed E-state index contributed by atoms with van der Waals surface area (Å²) in [5.41, 5.74) is 1.86. The molecule has 1 heterocycles. The van der Waals surface area contributed by atoms with E-state index in [0.717, 1.165) is 5.56 Å². The van der Waals surface area contributed by atoms with Crippen molar-refractivity contribution in [2.75, 3.05) is 5.32 Å². The smallest absolute Gasteiger partial charge is 0.259 e. The summed E-state index contributed by atoms with van der Waals surface area (Å²) < 4.78 is 5.21. The molecule has 1 aromatic heterocycles. The van der Waals surface area contributed by atoms with Crippen LogP contribution in [-0.4, -0.2) is 11.0 Å². The van der Waals surface area contributed by atoms with Crippen molar-refractivity contribution in [2.45, 2.75) is 20.3 Å². The Hall–Kier alpha value is -2.23. The van der Waals surface area contributed by atoms with Gasteiger partial charge in [-0.1, -0.05) is 13.0 Å². The van der Waals surface area contributed by atoms with Gasteiger partial charge in [0.05, 0.1) is 11.8 Å². The number of aryl methyl sites for hydroxylation is 2. The Bertz CT molecular complexity index is 572. The standard InChI is InChI=1S/C14H15NO3/c1-3-13-11(6-7-18-13)14(17)15-10-5-4-9(2)12(16)8-10/h4-8,16H,3H2,1-2H3,(H,15,17). The highest BCUT2D eigenvalue weighted by Gasteiger charge is 2.13. The summed E-state index contributed by atoms with van der Waals surface area (Å²) in [5, 5.41) is 12.3. The quantitative estimate of drug-likeness (QED) is 0.873. The molecule has 0 spiro atoms. The molecule has 0 saturated carbocycles. The summed E-state index contributed by atoms with van der Waals surface area (Å²) in [5.74, 6) is 0.586. The van der Waals surface area contributed by atoms with Crippen molar-refractivity contribution < 1.29 is 14.3 Å². The van der Waals surface area contributed by atoms with E-state index in [2.05, 4.69) is 5.32 Å². The number of furan rings is 1. The van der Waals surface area contributed by atoms with E-state index in [0.29, 0.717) is 23.4 Å². The molecule has 0 aliphatic heterocycles. The van der Waals surface area contributed by atoms with Gasteiger partial charge in [-0.3, -0.25) is 4.79 Å². The zero-order chi connectivity index (χ0) is 13.1. The number of benzene rings is 1. The molecule has 1 aromatic carbocycles. The third-order valence-corrected chi connectivity index (χ3v) is 2.78. The molecular formula is C14H15NO3. The Labute approximate surface area is 105 Å². The fraction of sp³-hybridized carbons (Fsp3) is 0.214. The van der Waals surface area contributed by atoms with Gasteiger partial charge in [-0.2, -0.15) is 0 Å². The number of rotatable bonds is 3. The van der Waals surface area contributed by atoms with E-state index in [1.165, 1.54) is 12.3 Å². The molecule has 0 atom stereocenters. The highest BCUT2D eigenvalue weighted by atomic mass is 16.3. The first-order valence-electron chi connectivity index (χ1n) is 5.79. The van der Waals surface area contributed by atoms with Crippen LogP contribution in [0.2, 0.25) is 0 Å². The summed E-state index contributed by atoms with van der Waals surface area (Å²) in [6.07, 6.45) is 2.16. The SMILES string of the molecule is CCc1occc1C(=O)Nc1ccc(C)c(O)c1. The first kappa shape index (κ1) is 12.2. The molecule has 4 heteroatoms. The van der Waals surface area contributed by atoms with E-state index in [-0.39, 0.29) is 11.7 Å². The van der Waals surface area contributed by atoms with E-state index >= 15 is 0 Å². The molecule has 94 valence electrons. The molecule has 0 bridgehead atoms. The van der Waals surface area contributed by atoms with Crippen molar-refractivity contribution in [1.82, 2.24) is 0 Å². The van der Waals surface area contributed by atoms with Gasteiger partial charge in [0.15, 0.2) is 0 Å². The van der Waals surface area contributed by atoms with Gasteiger partial charge < -0.3 is 14.8 Å². The molecule has 0 aliphatic rings. The first-order chi connectivity index (χ1) is 8.61. The summed E-state index contributed by atoms with van der Waals surface area (Å²) in [7, 11) is 0. The fourth-order valence-electron chi connectivity index (χ4n) is 1.70. The molecule has 2 aromatic rings. The van der Waals surface area contributed by atoms with E-state index in [1.807, 2.05) is 6.92 Å². The van der Waals surface area contributed by atoms with E-state index in [1.54, 1.807) is 25.1 Å². The normalized spacial score (nSPS) is 10.3. The van der Waals surface area contributed by atoms with Crippen molar-refractivity contribution >= 4 is 11.6 Å². The number of phenolic OH excluding ortho intramolecular Hbond substituents is 1. The molecule has 0 fully saturated rings. The molecular weight excluding hydrogens is 230 g/mol. The Morgan fingerprint density at radius 3 is 2.83 bits per heavy atom. The van der Waals surface area contributed by atoms with Gasteiger partial charge in [0.2, 0.25) is 0 Å². The van der Waals surface area contributed by atoms with Crippen molar-refractivity contribution in [3.8, 4) is 5.75 Å².